The van der Waals surface area contributed by atoms with Crippen LogP contribution >= 0.6 is 0 Å². The number of benzene rings is 1. The third-order valence-corrected chi connectivity index (χ3v) is 4.36. The van der Waals surface area contributed by atoms with Crippen LogP contribution in [0.3, 0.4) is 0 Å². The Balaban J connectivity index is 2.71. The maximum Gasteiger partial charge on any atom is 0.387 e. The predicted octanol–water partition coefficient (Wildman–Crippen LogP) is 1.80. The molecule has 11 heteroatoms. The van der Waals surface area contributed by atoms with Crippen molar-refractivity contribution in [2.75, 3.05) is 44.9 Å². The van der Waals surface area contributed by atoms with Crippen LogP contribution in [0.2, 0.25) is 0 Å². The van der Waals surface area contributed by atoms with Gasteiger partial charge < -0.3 is 24.8 Å². The van der Waals surface area contributed by atoms with Crippen LogP contribution in [-0.2, 0) is 21.1 Å². The van der Waals surface area contributed by atoms with Crippen molar-refractivity contribution in [2.24, 2.45) is 4.99 Å². The summed E-state index contributed by atoms with van der Waals surface area (Å²) < 4.78 is 62.9. The lowest BCUT2D eigenvalue weighted by molar-refractivity contribution is -0.0520. The lowest BCUT2D eigenvalue weighted by atomic mass is 10.2. The van der Waals surface area contributed by atoms with E-state index in [0.29, 0.717) is 37.8 Å². The number of hydrogen-bond acceptors (Lipinski definition) is 6. The molecule has 29 heavy (non-hydrogen) atoms. The average Bonchev–Trinajstić information content (AvgIpc) is 2.63. The number of sulfone groups is 1. The highest BCUT2D eigenvalue weighted by atomic mass is 32.2. The fraction of sp³-hybridized carbons (Fsp3) is 0.611. The number of nitrogens with zero attached hydrogens (tertiary/aromatic N) is 1. The van der Waals surface area contributed by atoms with E-state index in [9.17, 15) is 17.2 Å². The first kappa shape index (κ1) is 24.9. The molecule has 0 heterocycles. The fourth-order valence-electron chi connectivity index (χ4n) is 2.24. The zero-order valence-electron chi connectivity index (χ0n) is 16.9. The van der Waals surface area contributed by atoms with Crippen molar-refractivity contribution in [3.63, 3.8) is 0 Å². The molecule has 0 saturated heterocycles. The Morgan fingerprint density at radius 3 is 2.59 bits per heavy atom. The molecule has 0 aromatic heterocycles. The van der Waals surface area contributed by atoms with Gasteiger partial charge in [0, 0.05) is 24.9 Å². The van der Waals surface area contributed by atoms with Gasteiger partial charge in [0.05, 0.1) is 32.1 Å². The lowest BCUT2D eigenvalue weighted by Gasteiger charge is -2.15. The van der Waals surface area contributed by atoms with Gasteiger partial charge in [-0.3, -0.25) is 0 Å². The summed E-state index contributed by atoms with van der Waals surface area (Å²) in [7, 11) is -3.05. The van der Waals surface area contributed by atoms with Gasteiger partial charge in [0.25, 0.3) is 0 Å². The molecule has 0 radical (unpaired) electrons. The van der Waals surface area contributed by atoms with E-state index in [4.69, 9.17) is 9.47 Å². The Kier molecular flexibility index (Phi) is 11.3. The van der Waals surface area contributed by atoms with Crippen molar-refractivity contribution in [1.82, 2.24) is 10.6 Å². The first-order valence-corrected chi connectivity index (χ1v) is 11.3. The van der Waals surface area contributed by atoms with Crippen LogP contribution in [0.1, 0.15) is 19.4 Å². The van der Waals surface area contributed by atoms with Crippen molar-refractivity contribution < 1.29 is 31.4 Å². The molecule has 0 amide bonds. The molecule has 0 unspecified atom stereocenters. The average molecular weight is 438 g/mol. The number of guanidine groups is 1. The van der Waals surface area contributed by atoms with Crippen molar-refractivity contribution in [3.05, 3.63) is 23.8 Å². The van der Waals surface area contributed by atoms with Gasteiger partial charge in [-0.2, -0.15) is 8.78 Å². The first-order chi connectivity index (χ1) is 13.8. The smallest absolute Gasteiger partial charge is 0.387 e. The normalized spacial score (nSPS) is 12.1. The van der Waals surface area contributed by atoms with Crippen LogP contribution in [0.5, 0.6) is 11.5 Å². The van der Waals surface area contributed by atoms with E-state index in [1.54, 1.807) is 25.1 Å². The van der Waals surface area contributed by atoms with E-state index >= 15 is 0 Å². The molecule has 0 aliphatic rings. The second-order valence-corrected chi connectivity index (χ2v) is 8.18. The zero-order valence-corrected chi connectivity index (χ0v) is 17.7. The highest BCUT2D eigenvalue weighted by Gasteiger charge is 2.15. The fourth-order valence-corrected chi connectivity index (χ4v) is 2.66. The first-order valence-electron chi connectivity index (χ1n) is 9.24. The van der Waals surface area contributed by atoms with E-state index < -0.39 is 16.4 Å². The van der Waals surface area contributed by atoms with Gasteiger partial charge in [0.2, 0.25) is 0 Å². The molecule has 0 aliphatic heterocycles. The van der Waals surface area contributed by atoms with E-state index in [0.717, 1.165) is 6.26 Å². The number of halogens is 2. The summed E-state index contributed by atoms with van der Waals surface area (Å²) in [6, 6.07) is 4.89. The molecule has 0 saturated carbocycles. The van der Waals surface area contributed by atoms with E-state index in [1.807, 2.05) is 6.92 Å². The molecule has 8 nitrogen and oxygen atoms in total. The summed E-state index contributed by atoms with van der Waals surface area (Å²) in [5, 5.41) is 6.07. The molecule has 0 atom stereocenters. The largest absolute Gasteiger partial charge is 0.490 e. The number of aliphatic imine (C=N–C) groups is 1. The SMILES string of the molecule is CCNC(=NCc1cccc(OCC)c1OC(F)F)NCCOCCS(C)(=O)=O. The summed E-state index contributed by atoms with van der Waals surface area (Å²) >= 11 is 0. The van der Waals surface area contributed by atoms with Crippen LogP contribution in [-0.4, -0.2) is 65.9 Å². The number of alkyl halides is 2. The van der Waals surface area contributed by atoms with Crippen LogP contribution < -0.4 is 20.1 Å². The molecular weight excluding hydrogens is 408 g/mol. The summed E-state index contributed by atoms with van der Waals surface area (Å²) in [4.78, 5) is 4.37. The summed E-state index contributed by atoms with van der Waals surface area (Å²) in [5.74, 6) is 0.624. The highest BCUT2D eigenvalue weighted by Crippen LogP contribution is 2.33. The summed E-state index contributed by atoms with van der Waals surface area (Å²) in [5.41, 5.74) is 0.456. The maximum atomic E-state index is 12.8. The lowest BCUT2D eigenvalue weighted by Crippen LogP contribution is -2.39. The van der Waals surface area contributed by atoms with Crippen LogP contribution in [0.15, 0.2) is 23.2 Å². The molecule has 1 rings (SSSR count). The molecule has 0 bridgehead atoms. The molecular formula is C18H29F2N3O5S. The van der Waals surface area contributed by atoms with E-state index in [1.165, 1.54) is 0 Å². The van der Waals surface area contributed by atoms with Gasteiger partial charge in [-0.05, 0) is 19.9 Å². The zero-order chi connectivity index (χ0) is 21.7. The highest BCUT2D eigenvalue weighted by molar-refractivity contribution is 7.90. The maximum absolute atomic E-state index is 12.8. The Morgan fingerprint density at radius 1 is 1.21 bits per heavy atom. The second-order valence-electron chi connectivity index (χ2n) is 5.92. The van der Waals surface area contributed by atoms with Crippen LogP contribution in [0.4, 0.5) is 8.78 Å². The second kappa shape index (κ2) is 13.2. The van der Waals surface area contributed by atoms with E-state index in [2.05, 4.69) is 20.4 Å². The minimum atomic E-state index is -3.05. The standard InChI is InChI=1S/C18H29F2N3O5S/c1-4-21-18(22-9-10-26-11-12-29(3,24)25)23-13-14-7-6-8-15(27-5-2)16(14)28-17(19)20/h6-8,17H,4-5,9-13H2,1-3H3,(H2,21,22,23). The molecule has 2 N–H and O–H groups in total. The van der Waals surface area contributed by atoms with Crippen molar-refractivity contribution in [3.8, 4) is 11.5 Å². The van der Waals surface area contributed by atoms with Gasteiger partial charge in [0.15, 0.2) is 17.5 Å². The van der Waals surface area contributed by atoms with Gasteiger partial charge in [0.1, 0.15) is 9.84 Å². The van der Waals surface area contributed by atoms with Crippen molar-refractivity contribution in [1.29, 1.82) is 0 Å². The van der Waals surface area contributed by atoms with Gasteiger partial charge in [-0.1, -0.05) is 12.1 Å². The van der Waals surface area contributed by atoms with Crippen molar-refractivity contribution in [2.45, 2.75) is 27.0 Å². The summed E-state index contributed by atoms with van der Waals surface area (Å²) in [6.45, 7) is 2.47. The van der Waals surface area contributed by atoms with Crippen LogP contribution in [0, 0.1) is 0 Å². The Hall–Kier alpha value is -2.14. The number of nitrogens with one attached hydrogen (secondary N) is 2. The van der Waals surface area contributed by atoms with Gasteiger partial charge >= 0.3 is 6.61 Å². The monoisotopic (exact) mass is 437 g/mol. The molecule has 166 valence electrons. The minimum absolute atomic E-state index is 0.0342. The molecule has 0 spiro atoms. The molecule has 1 aromatic carbocycles. The topological polar surface area (TPSA) is 98.2 Å². The quantitative estimate of drug-likeness (QED) is 0.276. The Bertz CT molecular complexity index is 745. The molecule has 0 fully saturated rings. The molecule has 1 aromatic rings. The number of hydrogen-bond donors (Lipinski definition) is 2. The van der Waals surface area contributed by atoms with Crippen LogP contribution in [0.25, 0.3) is 0 Å². The van der Waals surface area contributed by atoms with Gasteiger partial charge in [-0.15, -0.1) is 0 Å². The predicted molar refractivity (Wildman–Crippen MR) is 108 cm³/mol. The molecule has 0 aliphatic carbocycles. The minimum Gasteiger partial charge on any atom is -0.490 e. The number of rotatable bonds is 13. The summed E-state index contributed by atoms with van der Waals surface area (Å²) in [6.07, 6.45) is 1.15. The van der Waals surface area contributed by atoms with E-state index in [-0.39, 0.29) is 30.4 Å². The van der Waals surface area contributed by atoms with Crippen molar-refractivity contribution >= 4 is 15.8 Å². The third-order valence-electron chi connectivity index (χ3n) is 3.46. The Labute approximate surface area is 170 Å². The number of ether oxygens (including phenoxy) is 3. The Morgan fingerprint density at radius 2 is 1.97 bits per heavy atom. The third kappa shape index (κ3) is 10.8. The van der Waals surface area contributed by atoms with Gasteiger partial charge in [-0.25, -0.2) is 13.4 Å². The number of para-hydroxylation sites is 1.